The quantitative estimate of drug-likeness (QED) is 0.854. The van der Waals surface area contributed by atoms with Gasteiger partial charge in [0, 0.05) is 10.9 Å². The SMILES string of the molecule is Cc1nc(-c2ccc(S(=O)(=O)C(F)(F)F)cc2)cs1. The van der Waals surface area contributed by atoms with Gasteiger partial charge in [0.15, 0.2) is 0 Å². The van der Waals surface area contributed by atoms with Gasteiger partial charge < -0.3 is 0 Å². The third-order valence-electron chi connectivity index (χ3n) is 2.38. The van der Waals surface area contributed by atoms with Gasteiger partial charge in [-0.2, -0.15) is 13.2 Å². The van der Waals surface area contributed by atoms with Crippen LogP contribution in [0.25, 0.3) is 11.3 Å². The third kappa shape index (κ3) is 2.64. The maximum Gasteiger partial charge on any atom is 0.501 e. The van der Waals surface area contributed by atoms with Crippen molar-refractivity contribution in [1.82, 2.24) is 4.98 Å². The highest BCUT2D eigenvalue weighted by Crippen LogP contribution is 2.31. The summed E-state index contributed by atoms with van der Waals surface area (Å²) >= 11 is 1.40. The van der Waals surface area contributed by atoms with E-state index >= 15 is 0 Å². The Morgan fingerprint density at radius 2 is 1.74 bits per heavy atom. The van der Waals surface area contributed by atoms with E-state index in [4.69, 9.17) is 0 Å². The molecule has 1 heterocycles. The first-order valence-corrected chi connectivity index (χ1v) is 7.42. The fourth-order valence-electron chi connectivity index (χ4n) is 1.43. The summed E-state index contributed by atoms with van der Waals surface area (Å²) in [6.45, 7) is 1.80. The number of aryl methyl sites for hydroxylation is 1. The van der Waals surface area contributed by atoms with Crippen LogP contribution in [0, 0.1) is 6.92 Å². The molecule has 0 unspecified atom stereocenters. The van der Waals surface area contributed by atoms with Crippen molar-refractivity contribution in [3.8, 4) is 11.3 Å². The molecule has 19 heavy (non-hydrogen) atoms. The second kappa shape index (κ2) is 4.61. The van der Waals surface area contributed by atoms with Gasteiger partial charge in [-0.15, -0.1) is 11.3 Å². The molecule has 0 bridgehead atoms. The van der Waals surface area contributed by atoms with Crippen LogP contribution in [0.3, 0.4) is 0 Å². The molecule has 0 saturated carbocycles. The van der Waals surface area contributed by atoms with Crippen molar-refractivity contribution in [3.05, 3.63) is 34.7 Å². The molecule has 3 nitrogen and oxygen atoms in total. The lowest BCUT2D eigenvalue weighted by atomic mass is 10.2. The summed E-state index contributed by atoms with van der Waals surface area (Å²) in [5.74, 6) is 0. The monoisotopic (exact) mass is 307 g/mol. The van der Waals surface area contributed by atoms with Crippen molar-refractivity contribution in [1.29, 1.82) is 0 Å². The van der Waals surface area contributed by atoms with Gasteiger partial charge in [-0.25, -0.2) is 13.4 Å². The second-order valence-corrected chi connectivity index (χ2v) is 6.73. The van der Waals surface area contributed by atoms with Crippen LogP contribution in [0.5, 0.6) is 0 Å². The standard InChI is InChI=1S/C11H8F3NO2S2/c1-7-15-10(6-18-7)8-2-4-9(5-3-8)19(16,17)11(12,13)14/h2-6H,1H3. The summed E-state index contributed by atoms with van der Waals surface area (Å²) in [5, 5.41) is 2.57. The Hall–Kier alpha value is -1.41. The maximum atomic E-state index is 12.3. The average Bonchev–Trinajstić information content (AvgIpc) is 2.74. The molecule has 1 aromatic carbocycles. The first kappa shape index (κ1) is 14.0. The number of rotatable bonds is 2. The first-order chi connectivity index (χ1) is 8.72. The van der Waals surface area contributed by atoms with Crippen LogP contribution >= 0.6 is 11.3 Å². The summed E-state index contributed by atoms with van der Waals surface area (Å²) in [7, 11) is -5.29. The van der Waals surface area contributed by atoms with Crippen molar-refractivity contribution in [2.75, 3.05) is 0 Å². The van der Waals surface area contributed by atoms with Gasteiger partial charge in [0.05, 0.1) is 15.6 Å². The Kier molecular flexibility index (Phi) is 3.40. The van der Waals surface area contributed by atoms with E-state index in [0.717, 1.165) is 17.1 Å². The lowest BCUT2D eigenvalue weighted by molar-refractivity contribution is -0.0436. The van der Waals surface area contributed by atoms with Crippen LogP contribution in [-0.2, 0) is 9.84 Å². The largest absolute Gasteiger partial charge is 0.501 e. The zero-order chi connectivity index (χ0) is 14.3. The molecule has 8 heteroatoms. The highest BCUT2D eigenvalue weighted by atomic mass is 32.2. The van der Waals surface area contributed by atoms with Crippen LogP contribution in [0.15, 0.2) is 34.5 Å². The van der Waals surface area contributed by atoms with Gasteiger partial charge in [0.1, 0.15) is 0 Å². The van der Waals surface area contributed by atoms with E-state index in [1.54, 1.807) is 12.3 Å². The maximum absolute atomic E-state index is 12.3. The van der Waals surface area contributed by atoms with Gasteiger partial charge in [-0.05, 0) is 19.1 Å². The zero-order valence-corrected chi connectivity index (χ0v) is 11.2. The Bertz CT molecular complexity index is 687. The third-order valence-corrected chi connectivity index (χ3v) is 4.66. The van der Waals surface area contributed by atoms with Crippen LogP contribution in [-0.4, -0.2) is 18.9 Å². The lowest BCUT2D eigenvalue weighted by Gasteiger charge is -2.08. The topological polar surface area (TPSA) is 47.0 Å². The summed E-state index contributed by atoms with van der Waals surface area (Å²) in [4.78, 5) is 3.40. The summed E-state index contributed by atoms with van der Waals surface area (Å²) in [5.41, 5.74) is -4.10. The van der Waals surface area contributed by atoms with Gasteiger partial charge >= 0.3 is 5.51 Å². The van der Waals surface area contributed by atoms with Gasteiger partial charge in [-0.1, -0.05) is 12.1 Å². The van der Waals surface area contributed by atoms with Gasteiger partial charge in [0.2, 0.25) is 0 Å². The number of hydrogen-bond acceptors (Lipinski definition) is 4. The molecule has 0 N–H and O–H groups in total. The van der Waals surface area contributed by atoms with Crippen LogP contribution in [0.1, 0.15) is 5.01 Å². The number of thiazole rings is 1. The smallest absolute Gasteiger partial charge is 0.242 e. The number of alkyl halides is 3. The van der Waals surface area contributed by atoms with E-state index in [2.05, 4.69) is 4.98 Å². The van der Waals surface area contributed by atoms with E-state index < -0.39 is 20.2 Å². The molecule has 2 aromatic rings. The molecule has 102 valence electrons. The van der Waals surface area contributed by atoms with E-state index in [0.29, 0.717) is 11.3 Å². The lowest BCUT2D eigenvalue weighted by Crippen LogP contribution is -2.23. The number of sulfone groups is 1. The molecular formula is C11H8F3NO2S2. The van der Waals surface area contributed by atoms with Crippen molar-refractivity contribution in [3.63, 3.8) is 0 Å². The van der Waals surface area contributed by atoms with Crippen molar-refractivity contribution < 1.29 is 21.6 Å². The Morgan fingerprint density at radius 3 is 2.16 bits per heavy atom. The predicted octanol–water partition coefficient (Wildman–Crippen LogP) is 3.41. The van der Waals surface area contributed by atoms with Gasteiger partial charge in [0.25, 0.3) is 9.84 Å². The molecule has 0 fully saturated rings. The minimum absolute atomic E-state index is 0.575. The highest BCUT2D eigenvalue weighted by molar-refractivity contribution is 7.92. The van der Waals surface area contributed by atoms with E-state index in [1.807, 2.05) is 0 Å². The highest BCUT2D eigenvalue weighted by Gasteiger charge is 2.46. The molecule has 2 rings (SSSR count). The van der Waals surface area contributed by atoms with E-state index in [9.17, 15) is 21.6 Å². The number of nitrogens with zero attached hydrogens (tertiary/aromatic N) is 1. The van der Waals surface area contributed by atoms with Crippen molar-refractivity contribution in [2.45, 2.75) is 17.3 Å². The van der Waals surface area contributed by atoms with Crippen LogP contribution in [0.4, 0.5) is 13.2 Å². The number of halogens is 3. The van der Waals surface area contributed by atoms with Crippen LogP contribution in [0.2, 0.25) is 0 Å². The first-order valence-electron chi connectivity index (χ1n) is 5.06. The molecule has 0 aliphatic rings. The summed E-state index contributed by atoms with van der Waals surface area (Å²) in [6, 6.07) is 4.50. The molecule has 0 spiro atoms. The molecule has 0 radical (unpaired) electrons. The zero-order valence-electron chi connectivity index (χ0n) is 9.60. The minimum Gasteiger partial charge on any atom is -0.242 e. The Balaban J connectivity index is 2.40. The minimum atomic E-state index is -5.29. The predicted molar refractivity (Wildman–Crippen MR) is 65.5 cm³/mol. The van der Waals surface area contributed by atoms with E-state index in [1.165, 1.54) is 23.5 Å². The number of aromatic nitrogens is 1. The van der Waals surface area contributed by atoms with Crippen LogP contribution < -0.4 is 0 Å². The molecule has 0 aliphatic carbocycles. The van der Waals surface area contributed by atoms with Crippen molar-refractivity contribution >= 4 is 21.2 Å². The fourth-order valence-corrected chi connectivity index (χ4v) is 2.82. The average molecular weight is 307 g/mol. The molecular weight excluding hydrogens is 299 g/mol. The molecule has 0 saturated heterocycles. The molecule has 1 aromatic heterocycles. The van der Waals surface area contributed by atoms with Crippen molar-refractivity contribution in [2.24, 2.45) is 0 Å². The fraction of sp³-hybridized carbons (Fsp3) is 0.182. The normalized spacial score (nSPS) is 12.6. The second-order valence-electron chi connectivity index (χ2n) is 3.73. The Morgan fingerprint density at radius 1 is 1.16 bits per heavy atom. The molecule has 0 atom stereocenters. The van der Waals surface area contributed by atoms with E-state index in [-0.39, 0.29) is 0 Å². The summed E-state index contributed by atoms with van der Waals surface area (Å²) < 4.78 is 59.4. The van der Waals surface area contributed by atoms with Gasteiger partial charge in [-0.3, -0.25) is 0 Å². The molecule has 0 aliphatic heterocycles. The molecule has 0 amide bonds. The number of benzene rings is 1. The Labute approximate surface area is 111 Å². The summed E-state index contributed by atoms with van der Waals surface area (Å²) in [6.07, 6.45) is 0. The number of hydrogen-bond donors (Lipinski definition) is 0.